The summed E-state index contributed by atoms with van der Waals surface area (Å²) >= 11 is 1.72. The summed E-state index contributed by atoms with van der Waals surface area (Å²) in [5.41, 5.74) is 0.857. The van der Waals surface area contributed by atoms with Crippen molar-refractivity contribution in [1.29, 1.82) is 0 Å². The number of likely N-dealkylation sites (tertiary alicyclic amines) is 1. The number of thiophene rings is 1. The molecule has 0 amide bonds. The van der Waals surface area contributed by atoms with Gasteiger partial charge in [-0.2, -0.15) is 11.3 Å². The highest BCUT2D eigenvalue weighted by molar-refractivity contribution is 7.07. The smallest absolute Gasteiger partial charge is 0.310 e. The van der Waals surface area contributed by atoms with Crippen LogP contribution in [0, 0.1) is 5.41 Å². The number of rotatable bonds is 5. The third-order valence-corrected chi connectivity index (χ3v) is 4.82. The number of carbonyl (C=O) groups is 1. The zero-order valence-corrected chi connectivity index (χ0v) is 11.7. The van der Waals surface area contributed by atoms with E-state index in [4.69, 9.17) is 0 Å². The first-order valence-corrected chi connectivity index (χ1v) is 7.57. The molecule has 2 heterocycles. The average Bonchev–Trinajstić information content (AvgIpc) is 2.89. The molecule has 1 atom stereocenters. The highest BCUT2D eigenvalue weighted by Gasteiger charge is 2.40. The first-order valence-electron chi connectivity index (χ1n) is 6.63. The van der Waals surface area contributed by atoms with Crippen molar-refractivity contribution < 1.29 is 9.90 Å². The molecule has 4 heteroatoms. The Morgan fingerprint density at radius 2 is 2.44 bits per heavy atom. The second kappa shape index (κ2) is 5.85. The van der Waals surface area contributed by atoms with Gasteiger partial charge in [0.25, 0.3) is 0 Å². The number of hydrogen-bond acceptors (Lipinski definition) is 3. The topological polar surface area (TPSA) is 40.5 Å². The van der Waals surface area contributed by atoms with Crippen LogP contribution in [0.15, 0.2) is 16.8 Å². The first-order chi connectivity index (χ1) is 8.66. The summed E-state index contributed by atoms with van der Waals surface area (Å²) in [5, 5.41) is 13.7. The maximum absolute atomic E-state index is 11.5. The highest BCUT2D eigenvalue weighted by atomic mass is 32.1. The highest BCUT2D eigenvalue weighted by Crippen LogP contribution is 2.33. The molecule has 0 radical (unpaired) electrons. The molecule has 2 rings (SSSR count). The maximum Gasteiger partial charge on any atom is 0.310 e. The van der Waals surface area contributed by atoms with E-state index >= 15 is 0 Å². The monoisotopic (exact) mass is 267 g/mol. The Balaban J connectivity index is 1.92. The van der Waals surface area contributed by atoms with E-state index in [0.29, 0.717) is 6.54 Å². The number of carboxylic acid groups (broad SMARTS) is 1. The maximum atomic E-state index is 11.5. The molecule has 0 spiro atoms. The van der Waals surface area contributed by atoms with Crippen LogP contribution >= 0.6 is 11.3 Å². The molecule has 1 aromatic heterocycles. The van der Waals surface area contributed by atoms with E-state index < -0.39 is 11.4 Å². The minimum atomic E-state index is -0.620. The van der Waals surface area contributed by atoms with Crippen LogP contribution in [0.1, 0.15) is 31.7 Å². The van der Waals surface area contributed by atoms with Crippen molar-refractivity contribution >= 4 is 17.3 Å². The lowest BCUT2D eigenvalue weighted by Crippen LogP contribution is -2.48. The van der Waals surface area contributed by atoms with Crippen LogP contribution in [-0.2, 0) is 11.2 Å². The van der Waals surface area contributed by atoms with Gasteiger partial charge in [-0.15, -0.1) is 0 Å². The molecule has 1 aromatic rings. The predicted octanol–water partition coefficient (Wildman–Crippen LogP) is 2.87. The van der Waals surface area contributed by atoms with Gasteiger partial charge < -0.3 is 10.0 Å². The fourth-order valence-corrected chi connectivity index (χ4v) is 3.46. The van der Waals surface area contributed by atoms with Crippen LogP contribution in [0.3, 0.4) is 0 Å². The number of aliphatic carboxylic acids is 1. The van der Waals surface area contributed by atoms with Gasteiger partial charge in [-0.3, -0.25) is 4.79 Å². The van der Waals surface area contributed by atoms with Crippen LogP contribution in [0.5, 0.6) is 0 Å². The molecule has 18 heavy (non-hydrogen) atoms. The van der Waals surface area contributed by atoms with E-state index in [2.05, 4.69) is 21.7 Å². The van der Waals surface area contributed by atoms with Crippen LogP contribution in [0.4, 0.5) is 0 Å². The van der Waals surface area contributed by atoms with E-state index in [-0.39, 0.29) is 0 Å². The van der Waals surface area contributed by atoms with E-state index in [9.17, 15) is 9.90 Å². The Morgan fingerprint density at radius 3 is 3.06 bits per heavy atom. The SMILES string of the molecule is CCC1(C(=O)O)CCCN(CCc2ccsc2)C1. The van der Waals surface area contributed by atoms with Crippen molar-refractivity contribution in [1.82, 2.24) is 4.90 Å². The minimum Gasteiger partial charge on any atom is -0.481 e. The van der Waals surface area contributed by atoms with Crippen LogP contribution in [-0.4, -0.2) is 35.6 Å². The number of hydrogen-bond donors (Lipinski definition) is 1. The van der Waals surface area contributed by atoms with Crippen LogP contribution in [0.25, 0.3) is 0 Å². The summed E-state index contributed by atoms with van der Waals surface area (Å²) in [6.07, 6.45) is 3.59. The van der Waals surface area contributed by atoms with Crippen molar-refractivity contribution in [2.45, 2.75) is 32.6 Å². The Hall–Kier alpha value is -0.870. The summed E-state index contributed by atoms with van der Waals surface area (Å²) in [6, 6.07) is 2.15. The second-order valence-corrected chi connectivity index (χ2v) is 5.98. The van der Waals surface area contributed by atoms with Gasteiger partial charge in [0, 0.05) is 13.1 Å². The van der Waals surface area contributed by atoms with E-state index in [1.165, 1.54) is 5.56 Å². The number of carboxylic acids is 1. The lowest BCUT2D eigenvalue weighted by atomic mass is 9.77. The van der Waals surface area contributed by atoms with Crippen molar-refractivity contribution in [2.75, 3.05) is 19.6 Å². The van der Waals surface area contributed by atoms with Crippen molar-refractivity contribution in [3.63, 3.8) is 0 Å². The van der Waals surface area contributed by atoms with Crippen LogP contribution in [0.2, 0.25) is 0 Å². The molecule has 1 saturated heterocycles. The molecule has 1 N–H and O–H groups in total. The molecule has 1 aliphatic heterocycles. The Kier molecular flexibility index (Phi) is 4.40. The summed E-state index contributed by atoms with van der Waals surface area (Å²) < 4.78 is 0. The van der Waals surface area contributed by atoms with Gasteiger partial charge in [0.1, 0.15) is 0 Å². The van der Waals surface area contributed by atoms with Gasteiger partial charge >= 0.3 is 5.97 Å². The molecule has 0 aromatic carbocycles. The Bertz CT molecular complexity index is 391. The normalized spacial score (nSPS) is 25.2. The van der Waals surface area contributed by atoms with Gasteiger partial charge in [-0.1, -0.05) is 6.92 Å². The summed E-state index contributed by atoms with van der Waals surface area (Å²) in [5.74, 6) is -0.620. The molecule has 1 fully saturated rings. The molecular weight excluding hydrogens is 246 g/mol. The Morgan fingerprint density at radius 1 is 1.61 bits per heavy atom. The van der Waals surface area contributed by atoms with E-state index in [1.807, 2.05) is 6.92 Å². The fraction of sp³-hybridized carbons (Fsp3) is 0.643. The molecule has 0 saturated carbocycles. The van der Waals surface area contributed by atoms with E-state index in [0.717, 1.165) is 38.8 Å². The Labute approximate surface area is 112 Å². The standard InChI is InChI=1S/C14H21NO2S/c1-2-14(13(16)17)6-3-7-15(11-14)8-4-12-5-9-18-10-12/h5,9-10H,2-4,6-8,11H2,1H3,(H,16,17). The van der Waals surface area contributed by atoms with Gasteiger partial charge in [0.15, 0.2) is 0 Å². The lowest BCUT2D eigenvalue weighted by Gasteiger charge is -2.39. The summed E-state index contributed by atoms with van der Waals surface area (Å²) in [4.78, 5) is 13.8. The predicted molar refractivity (Wildman–Crippen MR) is 74.1 cm³/mol. The molecule has 3 nitrogen and oxygen atoms in total. The largest absolute Gasteiger partial charge is 0.481 e. The van der Waals surface area contributed by atoms with Crippen molar-refractivity contribution in [3.05, 3.63) is 22.4 Å². The third-order valence-electron chi connectivity index (χ3n) is 4.08. The van der Waals surface area contributed by atoms with Gasteiger partial charge in [0.05, 0.1) is 5.41 Å². The fourth-order valence-electron chi connectivity index (χ4n) is 2.75. The zero-order chi connectivity index (χ0) is 13.0. The molecular formula is C14H21NO2S. The first kappa shape index (κ1) is 13.6. The summed E-state index contributed by atoms with van der Waals surface area (Å²) in [7, 11) is 0. The molecule has 100 valence electrons. The second-order valence-electron chi connectivity index (χ2n) is 5.20. The van der Waals surface area contributed by atoms with Crippen LogP contribution < -0.4 is 0 Å². The molecule has 1 aliphatic rings. The molecule has 0 aliphatic carbocycles. The van der Waals surface area contributed by atoms with Gasteiger partial charge in [0.2, 0.25) is 0 Å². The molecule has 0 bridgehead atoms. The van der Waals surface area contributed by atoms with Gasteiger partial charge in [-0.05, 0) is 54.6 Å². The van der Waals surface area contributed by atoms with Crippen molar-refractivity contribution in [3.8, 4) is 0 Å². The molecule has 1 unspecified atom stereocenters. The van der Waals surface area contributed by atoms with Gasteiger partial charge in [-0.25, -0.2) is 0 Å². The van der Waals surface area contributed by atoms with E-state index in [1.54, 1.807) is 11.3 Å². The van der Waals surface area contributed by atoms with Crippen molar-refractivity contribution in [2.24, 2.45) is 5.41 Å². The zero-order valence-electron chi connectivity index (χ0n) is 10.9. The summed E-state index contributed by atoms with van der Waals surface area (Å²) in [6.45, 7) is 4.73. The average molecular weight is 267 g/mol. The number of nitrogens with zero attached hydrogens (tertiary/aromatic N) is 1. The quantitative estimate of drug-likeness (QED) is 0.892. The number of piperidine rings is 1. The minimum absolute atomic E-state index is 0.507. The third kappa shape index (κ3) is 2.93. The lowest BCUT2D eigenvalue weighted by molar-refractivity contribution is -0.152.